The number of benzene rings is 3. The van der Waals surface area contributed by atoms with Crippen LogP contribution in [0.1, 0.15) is 26.3 Å². The van der Waals surface area contributed by atoms with E-state index in [9.17, 15) is 17.6 Å². The highest BCUT2D eigenvalue weighted by Gasteiger charge is 2.27. The molecule has 0 aliphatic carbocycles. The summed E-state index contributed by atoms with van der Waals surface area (Å²) in [6, 6.07) is 18.9. The first kappa shape index (κ1) is 26.5. The molecular formula is C26H28ClFN2O4S. The Bertz CT molecular complexity index is 1280. The summed E-state index contributed by atoms with van der Waals surface area (Å²) in [5, 5.41) is 2.44. The lowest BCUT2D eigenvalue weighted by Crippen LogP contribution is -2.42. The molecule has 0 atom stereocenters. The van der Waals surface area contributed by atoms with Crippen molar-refractivity contribution in [2.24, 2.45) is 0 Å². The number of para-hydroxylation sites is 1. The Balaban J connectivity index is 1.72. The molecule has 6 nitrogen and oxygen atoms in total. The second-order valence-corrected chi connectivity index (χ2v) is 11.1. The quantitative estimate of drug-likeness (QED) is 0.397. The molecule has 0 aromatic heterocycles. The van der Waals surface area contributed by atoms with E-state index in [-0.39, 0.29) is 34.2 Å². The summed E-state index contributed by atoms with van der Waals surface area (Å²) >= 11 is 5.88. The molecule has 0 bridgehead atoms. The zero-order valence-corrected chi connectivity index (χ0v) is 21.4. The summed E-state index contributed by atoms with van der Waals surface area (Å²) in [7, 11) is -4.11. The van der Waals surface area contributed by atoms with Crippen LogP contribution in [0.5, 0.6) is 5.75 Å². The zero-order chi connectivity index (χ0) is 25.6. The van der Waals surface area contributed by atoms with Crippen molar-refractivity contribution in [3.8, 4) is 5.75 Å². The molecule has 3 aromatic carbocycles. The van der Waals surface area contributed by atoms with Gasteiger partial charge in [0.1, 0.15) is 24.7 Å². The second kappa shape index (κ2) is 11.1. The van der Waals surface area contributed by atoms with Crippen LogP contribution in [0.15, 0.2) is 77.7 Å². The van der Waals surface area contributed by atoms with Crippen molar-refractivity contribution in [2.75, 3.05) is 24.0 Å². The predicted molar refractivity (Wildman–Crippen MR) is 136 cm³/mol. The Kier molecular flexibility index (Phi) is 8.40. The molecule has 0 saturated carbocycles. The van der Waals surface area contributed by atoms with Gasteiger partial charge in [-0.15, -0.1) is 0 Å². The molecule has 1 amide bonds. The van der Waals surface area contributed by atoms with Gasteiger partial charge in [0.05, 0.1) is 22.2 Å². The van der Waals surface area contributed by atoms with Crippen LogP contribution in [-0.4, -0.2) is 34.0 Å². The third-order valence-corrected chi connectivity index (χ3v) is 7.26. The Labute approximate surface area is 210 Å². The average molecular weight is 519 g/mol. The number of amides is 1. The molecule has 186 valence electrons. The molecule has 3 rings (SSSR count). The van der Waals surface area contributed by atoms with E-state index in [0.29, 0.717) is 0 Å². The minimum absolute atomic E-state index is 0.00429. The smallest absolute Gasteiger partial charge is 0.264 e. The first-order chi connectivity index (χ1) is 16.5. The summed E-state index contributed by atoms with van der Waals surface area (Å²) in [5.41, 5.74) is 1.01. The largest absolute Gasteiger partial charge is 0.491 e. The van der Waals surface area contributed by atoms with Gasteiger partial charge in [-0.05, 0) is 47.4 Å². The topological polar surface area (TPSA) is 75.7 Å². The van der Waals surface area contributed by atoms with Gasteiger partial charge in [-0.25, -0.2) is 12.8 Å². The number of halogens is 2. The fourth-order valence-corrected chi connectivity index (χ4v) is 5.03. The maximum atomic E-state index is 13.7. The first-order valence-corrected chi connectivity index (χ1v) is 12.8. The van der Waals surface area contributed by atoms with Gasteiger partial charge >= 0.3 is 0 Å². The molecule has 0 spiro atoms. The summed E-state index contributed by atoms with van der Waals surface area (Å²) in [6.07, 6.45) is 0. The lowest BCUT2D eigenvalue weighted by atomic mass is 9.86. The van der Waals surface area contributed by atoms with Crippen molar-refractivity contribution in [1.29, 1.82) is 0 Å². The molecule has 0 saturated heterocycles. The molecule has 0 fully saturated rings. The van der Waals surface area contributed by atoms with Crippen LogP contribution in [0.25, 0.3) is 0 Å². The van der Waals surface area contributed by atoms with E-state index in [0.717, 1.165) is 21.7 Å². The van der Waals surface area contributed by atoms with Crippen molar-refractivity contribution in [3.05, 3.63) is 89.2 Å². The molecule has 0 unspecified atom stereocenters. The van der Waals surface area contributed by atoms with Gasteiger partial charge in [0.25, 0.3) is 10.0 Å². The number of anilines is 1. The SMILES string of the molecule is CC(C)(C)c1ccccc1OCCNC(=O)CN(c1ccc(F)c(Cl)c1)S(=O)(=O)c1ccccc1. The number of ether oxygens (including phenoxy) is 1. The summed E-state index contributed by atoms with van der Waals surface area (Å²) in [5.74, 6) is -0.509. The van der Waals surface area contributed by atoms with Crippen molar-refractivity contribution < 1.29 is 22.3 Å². The van der Waals surface area contributed by atoms with Crippen LogP contribution >= 0.6 is 11.6 Å². The Morgan fingerprint density at radius 1 is 1.03 bits per heavy atom. The number of hydrogen-bond donors (Lipinski definition) is 1. The average Bonchev–Trinajstić information content (AvgIpc) is 2.82. The molecule has 1 N–H and O–H groups in total. The Morgan fingerprint density at radius 3 is 2.34 bits per heavy atom. The number of nitrogens with one attached hydrogen (secondary N) is 1. The standard InChI is InChI=1S/C26H28ClFN2O4S/c1-26(2,3)21-11-7-8-12-24(21)34-16-15-29-25(31)18-30(19-13-14-23(28)22(27)17-19)35(32,33)20-9-5-4-6-10-20/h4-14,17H,15-16,18H2,1-3H3,(H,29,31). The third-order valence-electron chi connectivity index (χ3n) is 5.19. The van der Waals surface area contributed by atoms with Crippen molar-refractivity contribution >= 4 is 33.2 Å². The van der Waals surface area contributed by atoms with Crippen LogP contribution in [0.3, 0.4) is 0 Å². The Hall–Kier alpha value is -3.10. The molecule has 0 radical (unpaired) electrons. The summed E-state index contributed by atoms with van der Waals surface area (Å²) in [4.78, 5) is 12.7. The number of sulfonamides is 1. The number of nitrogens with zero attached hydrogens (tertiary/aromatic N) is 1. The molecule has 0 heterocycles. The number of hydrogen-bond acceptors (Lipinski definition) is 4. The lowest BCUT2D eigenvalue weighted by Gasteiger charge is -2.24. The van der Waals surface area contributed by atoms with E-state index in [2.05, 4.69) is 26.1 Å². The summed E-state index contributed by atoms with van der Waals surface area (Å²) < 4.78 is 47.1. The van der Waals surface area contributed by atoms with Crippen LogP contribution < -0.4 is 14.4 Å². The maximum Gasteiger partial charge on any atom is 0.264 e. The van der Waals surface area contributed by atoms with E-state index in [1.807, 2.05) is 24.3 Å². The minimum Gasteiger partial charge on any atom is -0.491 e. The summed E-state index contributed by atoms with van der Waals surface area (Å²) in [6.45, 7) is 6.10. The highest BCUT2D eigenvalue weighted by atomic mass is 35.5. The van der Waals surface area contributed by atoms with Gasteiger partial charge in [-0.2, -0.15) is 0 Å². The molecule has 3 aromatic rings. The van der Waals surface area contributed by atoms with Crippen LogP contribution in [0.2, 0.25) is 5.02 Å². The van der Waals surface area contributed by atoms with E-state index >= 15 is 0 Å². The number of carbonyl (C=O) groups excluding carboxylic acids is 1. The fourth-order valence-electron chi connectivity index (χ4n) is 3.42. The molecular weight excluding hydrogens is 491 g/mol. The van der Waals surface area contributed by atoms with Crippen LogP contribution in [-0.2, 0) is 20.2 Å². The van der Waals surface area contributed by atoms with Crippen molar-refractivity contribution in [2.45, 2.75) is 31.1 Å². The van der Waals surface area contributed by atoms with E-state index < -0.39 is 28.3 Å². The van der Waals surface area contributed by atoms with Crippen LogP contribution in [0, 0.1) is 5.82 Å². The van der Waals surface area contributed by atoms with Crippen molar-refractivity contribution in [3.63, 3.8) is 0 Å². The Morgan fingerprint density at radius 2 is 1.69 bits per heavy atom. The maximum absolute atomic E-state index is 13.7. The van der Waals surface area contributed by atoms with Gasteiger partial charge in [-0.1, -0.05) is 68.8 Å². The highest BCUT2D eigenvalue weighted by molar-refractivity contribution is 7.92. The van der Waals surface area contributed by atoms with Gasteiger partial charge in [0, 0.05) is 0 Å². The minimum atomic E-state index is -4.11. The van der Waals surface area contributed by atoms with Gasteiger partial charge < -0.3 is 10.1 Å². The lowest BCUT2D eigenvalue weighted by molar-refractivity contribution is -0.119. The zero-order valence-electron chi connectivity index (χ0n) is 19.8. The van der Waals surface area contributed by atoms with E-state index in [4.69, 9.17) is 16.3 Å². The molecule has 0 aliphatic heterocycles. The molecule has 0 aliphatic rings. The second-order valence-electron chi connectivity index (χ2n) is 8.87. The molecule has 9 heteroatoms. The molecule has 35 heavy (non-hydrogen) atoms. The van der Waals surface area contributed by atoms with Gasteiger partial charge in [0.2, 0.25) is 5.91 Å². The first-order valence-electron chi connectivity index (χ1n) is 11.0. The van der Waals surface area contributed by atoms with Gasteiger partial charge in [-0.3, -0.25) is 9.10 Å². The fraction of sp³-hybridized carbons (Fsp3) is 0.269. The van der Waals surface area contributed by atoms with Crippen LogP contribution in [0.4, 0.5) is 10.1 Å². The number of rotatable bonds is 9. The monoisotopic (exact) mass is 518 g/mol. The van der Waals surface area contributed by atoms with Gasteiger partial charge in [0.15, 0.2) is 0 Å². The van der Waals surface area contributed by atoms with Crippen molar-refractivity contribution in [1.82, 2.24) is 5.32 Å². The number of carbonyl (C=O) groups is 1. The normalized spacial score (nSPS) is 11.7. The van der Waals surface area contributed by atoms with E-state index in [1.165, 1.54) is 24.3 Å². The highest BCUT2D eigenvalue weighted by Crippen LogP contribution is 2.31. The predicted octanol–water partition coefficient (Wildman–Crippen LogP) is 5.17. The van der Waals surface area contributed by atoms with E-state index in [1.54, 1.807) is 18.2 Å². The third kappa shape index (κ3) is 6.74.